The van der Waals surface area contributed by atoms with Crippen LogP contribution in [-0.4, -0.2) is 47.2 Å². The number of halogens is 2. The van der Waals surface area contributed by atoms with Crippen LogP contribution < -0.4 is 9.47 Å². The second-order valence-corrected chi connectivity index (χ2v) is 10.0. The van der Waals surface area contributed by atoms with E-state index in [1.54, 1.807) is 12.1 Å². The van der Waals surface area contributed by atoms with Gasteiger partial charge in [-0.05, 0) is 78.8 Å². The molecule has 6 rings (SSSR count). The summed E-state index contributed by atoms with van der Waals surface area (Å²) in [6.07, 6.45) is 1.11. The summed E-state index contributed by atoms with van der Waals surface area (Å²) in [5, 5.41) is 11.9. The average molecular weight is 494 g/mol. The molecule has 3 aromatic rings. The maximum absolute atomic E-state index is 13.7. The monoisotopic (exact) mass is 493 g/mol. The summed E-state index contributed by atoms with van der Waals surface area (Å²) in [5.74, 6) is -0.915. The standard InChI is InChI=1S/C29H29F2NO4/c30-22-8-11-24-20(14-22)6-10-26(34-24)27-17-32(16-19-4-2-1-3-5-19)18-29(33,36-27)28-13-7-21-15-23(31)9-12-25(21)35-28/h1-5,8-9,11-12,14-15,26-28,33H,6-7,10,13,16-18H2/t26-,27+,28+,29?/m1/s1. The van der Waals surface area contributed by atoms with Crippen LogP contribution in [0.3, 0.4) is 0 Å². The summed E-state index contributed by atoms with van der Waals surface area (Å²) >= 11 is 0. The van der Waals surface area contributed by atoms with E-state index in [4.69, 9.17) is 14.2 Å². The molecule has 5 nitrogen and oxygen atoms in total. The van der Waals surface area contributed by atoms with Crippen LogP contribution in [0.2, 0.25) is 0 Å². The highest BCUT2D eigenvalue weighted by atomic mass is 19.1. The van der Waals surface area contributed by atoms with Crippen molar-refractivity contribution in [2.45, 2.75) is 56.3 Å². The number of benzene rings is 3. The zero-order valence-electron chi connectivity index (χ0n) is 19.9. The molecule has 188 valence electrons. The van der Waals surface area contributed by atoms with Crippen molar-refractivity contribution < 1.29 is 28.1 Å². The molecule has 1 unspecified atom stereocenters. The van der Waals surface area contributed by atoms with Gasteiger partial charge in [0.05, 0.1) is 6.54 Å². The summed E-state index contributed by atoms with van der Waals surface area (Å²) in [5.41, 5.74) is 2.77. The van der Waals surface area contributed by atoms with Crippen LogP contribution in [0.5, 0.6) is 11.5 Å². The van der Waals surface area contributed by atoms with Gasteiger partial charge in [-0.15, -0.1) is 0 Å². The molecule has 4 atom stereocenters. The van der Waals surface area contributed by atoms with Crippen LogP contribution in [-0.2, 0) is 24.1 Å². The first-order chi connectivity index (χ1) is 17.4. The molecule has 0 saturated carbocycles. The van der Waals surface area contributed by atoms with E-state index in [0.29, 0.717) is 50.3 Å². The normalized spacial score (nSPS) is 27.9. The smallest absolute Gasteiger partial charge is 0.217 e. The molecule has 3 aliphatic rings. The van der Waals surface area contributed by atoms with Crippen molar-refractivity contribution in [1.82, 2.24) is 4.90 Å². The Morgan fingerprint density at radius 2 is 1.50 bits per heavy atom. The number of ether oxygens (including phenoxy) is 3. The third-order valence-corrected chi connectivity index (χ3v) is 7.38. The van der Waals surface area contributed by atoms with Gasteiger partial charge in [-0.2, -0.15) is 0 Å². The molecule has 0 amide bonds. The number of fused-ring (bicyclic) bond motifs is 2. The highest BCUT2D eigenvalue weighted by Crippen LogP contribution is 2.38. The van der Waals surface area contributed by atoms with Gasteiger partial charge in [-0.25, -0.2) is 8.78 Å². The molecule has 0 bridgehead atoms. The fraction of sp³-hybridized carbons (Fsp3) is 0.379. The molecule has 7 heteroatoms. The summed E-state index contributed by atoms with van der Waals surface area (Å²) in [7, 11) is 0. The Bertz CT molecular complexity index is 1240. The Morgan fingerprint density at radius 3 is 2.22 bits per heavy atom. The summed E-state index contributed by atoms with van der Waals surface area (Å²) in [4.78, 5) is 2.18. The predicted molar refractivity (Wildman–Crippen MR) is 130 cm³/mol. The number of rotatable bonds is 4. The van der Waals surface area contributed by atoms with Crippen molar-refractivity contribution in [3.05, 3.63) is 95.1 Å². The van der Waals surface area contributed by atoms with E-state index in [9.17, 15) is 13.9 Å². The molecule has 3 aliphatic heterocycles. The largest absolute Gasteiger partial charge is 0.487 e. The lowest BCUT2D eigenvalue weighted by Gasteiger charge is -2.49. The van der Waals surface area contributed by atoms with Crippen LogP contribution in [0.4, 0.5) is 8.78 Å². The number of aryl methyl sites for hydroxylation is 2. The Morgan fingerprint density at radius 1 is 0.833 bits per heavy atom. The third-order valence-electron chi connectivity index (χ3n) is 7.38. The number of morpholine rings is 1. The molecule has 0 aromatic heterocycles. The molecule has 1 saturated heterocycles. The first-order valence-electron chi connectivity index (χ1n) is 12.5. The fourth-order valence-corrected chi connectivity index (χ4v) is 5.62. The fourth-order valence-electron chi connectivity index (χ4n) is 5.62. The summed E-state index contributed by atoms with van der Waals surface area (Å²) in [6.45, 7) is 1.49. The molecule has 3 heterocycles. The Hall–Kier alpha value is -3.00. The van der Waals surface area contributed by atoms with E-state index in [2.05, 4.69) is 17.0 Å². The molecule has 1 fully saturated rings. The van der Waals surface area contributed by atoms with Gasteiger partial charge in [0, 0.05) is 13.1 Å². The topological polar surface area (TPSA) is 51.2 Å². The highest BCUT2D eigenvalue weighted by molar-refractivity contribution is 5.37. The zero-order valence-corrected chi connectivity index (χ0v) is 19.9. The van der Waals surface area contributed by atoms with Crippen molar-refractivity contribution in [3.63, 3.8) is 0 Å². The molecular weight excluding hydrogens is 464 g/mol. The van der Waals surface area contributed by atoms with Crippen molar-refractivity contribution in [2.75, 3.05) is 13.1 Å². The van der Waals surface area contributed by atoms with Gasteiger partial charge < -0.3 is 19.3 Å². The van der Waals surface area contributed by atoms with Gasteiger partial charge in [-0.1, -0.05) is 30.3 Å². The molecule has 0 radical (unpaired) electrons. The molecule has 0 aliphatic carbocycles. The van der Waals surface area contributed by atoms with Crippen LogP contribution >= 0.6 is 0 Å². The highest BCUT2D eigenvalue weighted by Gasteiger charge is 2.50. The Balaban J connectivity index is 1.26. The average Bonchev–Trinajstić information content (AvgIpc) is 2.88. The Labute approximate surface area is 209 Å². The Kier molecular flexibility index (Phi) is 6.15. The van der Waals surface area contributed by atoms with Crippen molar-refractivity contribution in [1.29, 1.82) is 0 Å². The van der Waals surface area contributed by atoms with Crippen LogP contribution in [0.15, 0.2) is 66.7 Å². The van der Waals surface area contributed by atoms with Gasteiger partial charge in [0.2, 0.25) is 5.79 Å². The van der Waals surface area contributed by atoms with E-state index in [1.807, 2.05) is 18.2 Å². The maximum atomic E-state index is 13.7. The van der Waals surface area contributed by atoms with E-state index < -0.39 is 18.0 Å². The van der Waals surface area contributed by atoms with Crippen LogP contribution in [0.25, 0.3) is 0 Å². The predicted octanol–water partition coefficient (Wildman–Crippen LogP) is 4.64. The quantitative estimate of drug-likeness (QED) is 0.574. The number of aliphatic hydroxyl groups is 1. The van der Waals surface area contributed by atoms with E-state index in [1.165, 1.54) is 24.3 Å². The molecular formula is C29H29F2NO4. The van der Waals surface area contributed by atoms with Gasteiger partial charge >= 0.3 is 0 Å². The van der Waals surface area contributed by atoms with E-state index >= 15 is 0 Å². The molecule has 36 heavy (non-hydrogen) atoms. The molecule has 3 aromatic carbocycles. The minimum atomic E-state index is -1.57. The first-order valence-corrected chi connectivity index (χ1v) is 12.5. The second kappa shape index (κ2) is 9.47. The number of hydrogen-bond acceptors (Lipinski definition) is 5. The van der Waals surface area contributed by atoms with Crippen molar-refractivity contribution >= 4 is 0 Å². The number of β-amino-alcohol motifs (C(OH)–C–C–N with tert-alkyl or cyclic N) is 1. The molecule has 1 N–H and O–H groups in total. The summed E-state index contributed by atoms with van der Waals surface area (Å²) < 4.78 is 46.2. The van der Waals surface area contributed by atoms with Crippen molar-refractivity contribution in [3.8, 4) is 11.5 Å². The third kappa shape index (κ3) is 4.71. The van der Waals surface area contributed by atoms with Gasteiger partial charge in [0.15, 0.2) is 6.10 Å². The SMILES string of the molecule is OC1([C@@H]2CCc3cc(F)ccc3O2)CN(Cc2ccccc2)C[C@@H]([C@H]2CCc3cc(F)ccc3O2)O1. The van der Waals surface area contributed by atoms with E-state index in [-0.39, 0.29) is 24.3 Å². The van der Waals surface area contributed by atoms with Gasteiger partial charge in [-0.3, -0.25) is 4.90 Å². The van der Waals surface area contributed by atoms with Gasteiger partial charge in [0.1, 0.15) is 35.3 Å². The zero-order chi connectivity index (χ0) is 24.7. The first kappa shape index (κ1) is 23.4. The van der Waals surface area contributed by atoms with Crippen LogP contribution in [0.1, 0.15) is 29.5 Å². The summed E-state index contributed by atoms with van der Waals surface area (Å²) in [6, 6.07) is 19.1. The lowest BCUT2D eigenvalue weighted by Crippen LogP contribution is -2.65. The van der Waals surface area contributed by atoms with Crippen LogP contribution in [0, 0.1) is 11.6 Å². The maximum Gasteiger partial charge on any atom is 0.217 e. The number of nitrogens with zero attached hydrogens (tertiary/aromatic N) is 1. The molecule has 0 spiro atoms. The second-order valence-electron chi connectivity index (χ2n) is 10.0. The van der Waals surface area contributed by atoms with E-state index in [0.717, 1.165) is 16.7 Å². The number of hydrogen-bond donors (Lipinski definition) is 1. The minimum Gasteiger partial charge on any atom is -0.487 e. The van der Waals surface area contributed by atoms with Gasteiger partial charge in [0.25, 0.3) is 0 Å². The lowest BCUT2D eigenvalue weighted by molar-refractivity contribution is -0.315. The van der Waals surface area contributed by atoms with Crippen molar-refractivity contribution in [2.24, 2.45) is 0 Å². The lowest BCUT2D eigenvalue weighted by atomic mass is 9.93. The minimum absolute atomic E-state index is 0.272.